The van der Waals surface area contributed by atoms with Crippen LogP contribution >= 0.6 is 0 Å². The highest BCUT2D eigenvalue weighted by molar-refractivity contribution is 5.76. The molecule has 1 heterocycles. The number of ether oxygens (including phenoxy) is 2. The van der Waals surface area contributed by atoms with E-state index in [-0.39, 0.29) is 18.7 Å². The lowest BCUT2D eigenvalue weighted by Gasteiger charge is -2.30. The summed E-state index contributed by atoms with van der Waals surface area (Å²) in [4.78, 5) is 14.8. The number of carbonyl (C=O) groups is 1. The molecule has 0 radical (unpaired) electrons. The minimum atomic E-state index is 0.0701. The van der Waals surface area contributed by atoms with Gasteiger partial charge in [0.15, 0.2) is 11.5 Å². The second-order valence-electron chi connectivity index (χ2n) is 6.64. The van der Waals surface area contributed by atoms with Crippen LogP contribution in [-0.2, 0) is 11.2 Å². The molecule has 5 heteroatoms. The highest BCUT2D eigenvalue weighted by Crippen LogP contribution is 2.32. The molecule has 0 fully saturated rings. The normalized spacial score (nSPS) is 13.6. The molecular formula is C22H28N2O3. The Bertz CT molecular complexity index is 744. The number of amides is 1. The zero-order valence-corrected chi connectivity index (χ0v) is 16.1. The van der Waals surface area contributed by atoms with Crippen LogP contribution in [0.3, 0.4) is 0 Å². The van der Waals surface area contributed by atoms with E-state index in [0.717, 1.165) is 30.2 Å². The Balaban J connectivity index is 1.54. The smallest absolute Gasteiger partial charge is 0.231 e. The van der Waals surface area contributed by atoms with Crippen molar-refractivity contribution in [3.05, 3.63) is 59.7 Å². The van der Waals surface area contributed by atoms with Gasteiger partial charge in [-0.25, -0.2) is 0 Å². The lowest BCUT2D eigenvalue weighted by molar-refractivity contribution is -0.121. The lowest BCUT2D eigenvalue weighted by atomic mass is 10.0. The number of hydrogen-bond acceptors (Lipinski definition) is 4. The third-order valence-corrected chi connectivity index (χ3v) is 5.01. The zero-order valence-electron chi connectivity index (χ0n) is 16.1. The van der Waals surface area contributed by atoms with Gasteiger partial charge in [0.05, 0.1) is 6.04 Å². The van der Waals surface area contributed by atoms with Crippen LogP contribution in [0, 0.1) is 0 Å². The van der Waals surface area contributed by atoms with E-state index < -0.39 is 0 Å². The van der Waals surface area contributed by atoms with Gasteiger partial charge in [0.1, 0.15) is 0 Å². The molecule has 144 valence electrons. The number of hydrogen-bond donors (Lipinski definition) is 1. The number of benzene rings is 2. The first-order valence-electron chi connectivity index (χ1n) is 9.65. The molecule has 5 nitrogen and oxygen atoms in total. The Morgan fingerprint density at radius 3 is 2.56 bits per heavy atom. The van der Waals surface area contributed by atoms with Crippen molar-refractivity contribution < 1.29 is 14.3 Å². The Kier molecular flexibility index (Phi) is 6.71. The molecule has 1 aliphatic heterocycles. The molecule has 1 unspecified atom stereocenters. The summed E-state index contributed by atoms with van der Waals surface area (Å²) in [6, 6.07) is 16.4. The van der Waals surface area contributed by atoms with Gasteiger partial charge in [0.25, 0.3) is 0 Å². The van der Waals surface area contributed by atoms with Crippen LogP contribution in [0.4, 0.5) is 0 Å². The topological polar surface area (TPSA) is 50.8 Å². The molecule has 3 rings (SSSR count). The van der Waals surface area contributed by atoms with E-state index in [0.29, 0.717) is 19.4 Å². The molecule has 1 atom stereocenters. The predicted molar refractivity (Wildman–Crippen MR) is 106 cm³/mol. The van der Waals surface area contributed by atoms with E-state index in [2.05, 4.69) is 36.2 Å². The van der Waals surface area contributed by atoms with Gasteiger partial charge in [-0.2, -0.15) is 0 Å². The summed E-state index contributed by atoms with van der Waals surface area (Å²) < 4.78 is 10.7. The maximum Gasteiger partial charge on any atom is 0.231 e. The fraction of sp³-hybridized carbons (Fsp3) is 0.409. The molecule has 0 bridgehead atoms. The maximum absolute atomic E-state index is 12.4. The van der Waals surface area contributed by atoms with Gasteiger partial charge in [-0.3, -0.25) is 9.69 Å². The van der Waals surface area contributed by atoms with Crippen molar-refractivity contribution in [1.82, 2.24) is 10.2 Å². The van der Waals surface area contributed by atoms with Crippen molar-refractivity contribution >= 4 is 5.91 Å². The fourth-order valence-electron chi connectivity index (χ4n) is 3.45. The number of nitrogens with one attached hydrogen (secondary N) is 1. The SMILES string of the molecule is CCN(CC)C(CNC(=O)CCc1ccc2c(c1)OCO2)c1ccccc1. The molecule has 1 amide bonds. The minimum absolute atomic E-state index is 0.0701. The van der Waals surface area contributed by atoms with Crippen LogP contribution in [0.1, 0.15) is 37.4 Å². The maximum atomic E-state index is 12.4. The third-order valence-electron chi connectivity index (χ3n) is 5.01. The highest BCUT2D eigenvalue weighted by Gasteiger charge is 2.19. The minimum Gasteiger partial charge on any atom is -0.454 e. The molecule has 1 N–H and O–H groups in total. The molecule has 2 aromatic rings. The monoisotopic (exact) mass is 368 g/mol. The van der Waals surface area contributed by atoms with Gasteiger partial charge in [0.2, 0.25) is 12.7 Å². The Morgan fingerprint density at radius 2 is 1.81 bits per heavy atom. The summed E-state index contributed by atoms with van der Waals surface area (Å²) >= 11 is 0. The van der Waals surface area contributed by atoms with Crippen molar-refractivity contribution in [2.45, 2.75) is 32.7 Å². The zero-order chi connectivity index (χ0) is 19.1. The molecule has 0 saturated heterocycles. The van der Waals surface area contributed by atoms with Crippen LogP contribution in [-0.4, -0.2) is 37.2 Å². The summed E-state index contributed by atoms with van der Waals surface area (Å²) in [5.74, 6) is 1.60. The van der Waals surface area contributed by atoms with E-state index >= 15 is 0 Å². The van der Waals surface area contributed by atoms with Gasteiger partial charge in [-0.15, -0.1) is 0 Å². The second-order valence-corrected chi connectivity index (χ2v) is 6.64. The summed E-state index contributed by atoms with van der Waals surface area (Å²) in [6.07, 6.45) is 1.14. The fourth-order valence-corrected chi connectivity index (χ4v) is 3.45. The van der Waals surface area contributed by atoms with E-state index in [4.69, 9.17) is 9.47 Å². The average Bonchev–Trinajstić information content (AvgIpc) is 3.18. The number of rotatable bonds is 9. The Hall–Kier alpha value is -2.53. The van der Waals surface area contributed by atoms with Gasteiger partial charge in [0, 0.05) is 13.0 Å². The molecular weight excluding hydrogens is 340 g/mol. The first-order valence-corrected chi connectivity index (χ1v) is 9.65. The van der Waals surface area contributed by atoms with Crippen molar-refractivity contribution in [1.29, 1.82) is 0 Å². The number of fused-ring (bicyclic) bond motifs is 1. The van der Waals surface area contributed by atoms with Gasteiger partial charge in [-0.05, 0) is 42.8 Å². The lowest BCUT2D eigenvalue weighted by Crippen LogP contribution is -2.38. The van der Waals surface area contributed by atoms with E-state index in [1.54, 1.807) is 0 Å². The van der Waals surface area contributed by atoms with Crippen molar-refractivity contribution in [3.8, 4) is 11.5 Å². The Morgan fingerprint density at radius 1 is 1.07 bits per heavy atom. The standard InChI is InChI=1S/C22H28N2O3/c1-3-24(4-2)19(18-8-6-5-7-9-18)15-23-22(25)13-11-17-10-12-20-21(14-17)27-16-26-20/h5-10,12,14,19H,3-4,11,13,15-16H2,1-2H3,(H,23,25). The van der Waals surface area contributed by atoms with Crippen LogP contribution in [0.25, 0.3) is 0 Å². The number of nitrogens with zero attached hydrogens (tertiary/aromatic N) is 1. The summed E-state index contributed by atoms with van der Waals surface area (Å²) in [5, 5.41) is 3.12. The summed E-state index contributed by atoms with van der Waals surface area (Å²) in [7, 11) is 0. The predicted octanol–water partition coefficient (Wildman–Crippen LogP) is 3.55. The van der Waals surface area contributed by atoms with Crippen molar-refractivity contribution in [2.24, 2.45) is 0 Å². The third kappa shape index (κ3) is 5.01. The van der Waals surface area contributed by atoms with Crippen LogP contribution in [0.15, 0.2) is 48.5 Å². The molecule has 27 heavy (non-hydrogen) atoms. The molecule has 0 saturated carbocycles. The second kappa shape index (κ2) is 9.42. The number of likely N-dealkylation sites (N-methyl/N-ethyl adjacent to an activating group) is 1. The van der Waals surface area contributed by atoms with Crippen LogP contribution < -0.4 is 14.8 Å². The van der Waals surface area contributed by atoms with Crippen LogP contribution in [0.5, 0.6) is 11.5 Å². The quantitative estimate of drug-likeness (QED) is 0.735. The van der Waals surface area contributed by atoms with Crippen LogP contribution in [0.2, 0.25) is 0 Å². The van der Waals surface area contributed by atoms with E-state index in [9.17, 15) is 4.79 Å². The first-order chi connectivity index (χ1) is 13.2. The number of aryl methyl sites for hydroxylation is 1. The van der Waals surface area contributed by atoms with Gasteiger partial charge in [-0.1, -0.05) is 50.2 Å². The molecule has 0 aliphatic carbocycles. The largest absolute Gasteiger partial charge is 0.454 e. The molecule has 0 aromatic heterocycles. The molecule has 0 spiro atoms. The summed E-state index contributed by atoms with van der Waals surface area (Å²) in [5.41, 5.74) is 2.31. The van der Waals surface area contributed by atoms with Gasteiger partial charge < -0.3 is 14.8 Å². The highest BCUT2D eigenvalue weighted by atomic mass is 16.7. The van der Waals surface area contributed by atoms with E-state index in [1.807, 2.05) is 36.4 Å². The van der Waals surface area contributed by atoms with Crippen molar-refractivity contribution in [2.75, 3.05) is 26.4 Å². The first kappa shape index (κ1) is 19.2. The summed E-state index contributed by atoms with van der Waals surface area (Å²) in [6.45, 7) is 7.09. The molecule has 2 aromatic carbocycles. The Labute approximate surface area is 161 Å². The average molecular weight is 368 g/mol. The molecule has 1 aliphatic rings. The number of carbonyl (C=O) groups excluding carboxylic acids is 1. The van der Waals surface area contributed by atoms with Crippen molar-refractivity contribution in [3.63, 3.8) is 0 Å². The van der Waals surface area contributed by atoms with Gasteiger partial charge >= 0.3 is 0 Å². The van der Waals surface area contributed by atoms with E-state index in [1.165, 1.54) is 5.56 Å².